The minimum Gasteiger partial charge on any atom is -0.780 e. The molecule has 8 aromatic carbocycles. The van der Waals surface area contributed by atoms with Crippen LogP contribution in [0.5, 0.6) is 69.0 Å². The van der Waals surface area contributed by atoms with Crippen LogP contribution in [-0.2, 0) is 13.7 Å². The first kappa shape index (κ1) is 77.4. The van der Waals surface area contributed by atoms with Gasteiger partial charge in [-0.1, -0.05) is 0 Å². The van der Waals surface area contributed by atoms with Crippen molar-refractivity contribution in [3.63, 3.8) is 0 Å². The molecule has 0 unspecified atom stereocenters. The molecule has 12 rings (SSSR count). The fourth-order valence-corrected chi connectivity index (χ4v) is 12.1. The molecule has 0 aliphatic heterocycles. The van der Waals surface area contributed by atoms with Crippen LogP contribution in [-0.4, -0.2) is 53.8 Å². The number of ether oxygens (including phenoxy) is 4. The van der Waals surface area contributed by atoms with E-state index in [1.54, 1.807) is 24.3 Å². The monoisotopic (exact) mass is 1440 g/mol. The maximum atomic E-state index is 15.3. The molecule has 0 aliphatic carbocycles. The van der Waals surface area contributed by atoms with Crippen LogP contribution in [0.15, 0.2) is 182 Å². The summed E-state index contributed by atoms with van der Waals surface area (Å²) in [7, 11) is -12.2. The molecule has 0 spiro atoms. The number of phosphoric acid groups is 3. The van der Waals surface area contributed by atoms with E-state index < -0.39 is 146 Å². The van der Waals surface area contributed by atoms with Crippen LogP contribution in [0.1, 0.15) is 0 Å². The number of phenols is 4. The van der Waals surface area contributed by atoms with Crippen molar-refractivity contribution in [3.8, 4) is 137 Å². The number of phosphoric ester groups is 3. The van der Waals surface area contributed by atoms with Crippen LogP contribution in [0, 0.1) is 0 Å². The Morgan fingerprint density at radius 3 is 0.980 bits per heavy atom. The maximum Gasteiger partial charge on any atom is 1.00 e. The van der Waals surface area contributed by atoms with Gasteiger partial charge >= 0.3 is 126 Å². The van der Waals surface area contributed by atoms with Gasteiger partial charge in [0.25, 0.3) is 0 Å². The molecule has 0 aliphatic rings. The number of aromatic hydroxyl groups is 4. The van der Waals surface area contributed by atoms with Crippen LogP contribution in [0.4, 0.5) is 0 Å². The first-order chi connectivity index (χ1) is 45.1. The molecule has 5 N–H and O–H groups in total. The molecule has 35 heteroatoms. The molecule has 0 saturated carbocycles. The molecule has 4 heterocycles. The Bertz CT molecular complexity index is 5250. The Labute approximate surface area is 643 Å². The summed E-state index contributed by atoms with van der Waals surface area (Å²) in [6.07, 6.45) is 0. The Morgan fingerprint density at radius 1 is 0.343 bits per heavy atom. The average Bonchev–Trinajstić information content (AvgIpc) is 0.745. The summed E-state index contributed by atoms with van der Waals surface area (Å²) in [4.78, 5) is 115. The van der Waals surface area contributed by atoms with E-state index in [1.807, 2.05) is 0 Å². The third-order valence-corrected chi connectivity index (χ3v) is 16.3. The van der Waals surface area contributed by atoms with Gasteiger partial charge in [-0.3, -0.25) is 24.1 Å². The van der Waals surface area contributed by atoms with Crippen molar-refractivity contribution in [1.82, 2.24) is 0 Å². The predicted molar refractivity (Wildman–Crippen MR) is 330 cm³/mol. The van der Waals surface area contributed by atoms with Gasteiger partial charge in [-0.05, 0) is 84.9 Å². The van der Waals surface area contributed by atoms with Crippen molar-refractivity contribution in [3.05, 3.63) is 186 Å². The normalized spacial score (nSPS) is 11.4. The zero-order valence-electron chi connectivity index (χ0n) is 52.8. The second-order valence-electron chi connectivity index (χ2n) is 20.5. The molecule has 12 aromatic rings. The molecule has 0 fully saturated rings. The molecule has 484 valence electrons. The number of methoxy groups -OCH3 is 4. The van der Waals surface area contributed by atoms with E-state index in [4.69, 9.17) is 45.7 Å². The summed E-state index contributed by atoms with van der Waals surface area (Å²) in [6.45, 7) is 0. The predicted octanol–water partition coefficient (Wildman–Crippen LogP) is -3.04. The van der Waals surface area contributed by atoms with Gasteiger partial charge in [-0.2, -0.15) is 0 Å². The summed E-state index contributed by atoms with van der Waals surface area (Å²) >= 11 is 0. The Kier molecular flexibility index (Phi) is 23.8. The average molecular weight is 1440 g/mol. The van der Waals surface area contributed by atoms with Crippen LogP contribution in [0.2, 0.25) is 0 Å². The smallest absolute Gasteiger partial charge is 0.780 e. The van der Waals surface area contributed by atoms with Gasteiger partial charge in [0.1, 0.15) is 140 Å². The first-order valence-electron chi connectivity index (χ1n) is 27.2. The zero-order valence-corrected chi connectivity index (χ0v) is 63.5. The van der Waals surface area contributed by atoms with Gasteiger partial charge in [0.15, 0.2) is 32.9 Å². The van der Waals surface area contributed by atoms with Gasteiger partial charge in [0.2, 0.25) is 0 Å². The molecule has 0 saturated heterocycles. The number of rotatable bonds is 18. The van der Waals surface area contributed by atoms with E-state index in [0.717, 1.165) is 48.5 Å². The van der Waals surface area contributed by atoms with Gasteiger partial charge in [-0.15, -0.1) is 0 Å². The van der Waals surface area contributed by atoms with Crippen LogP contribution < -0.4 is 197 Å². The standard InChI is InChI=1S/C64H45O28P3.4Na/c1-81-33-11-5-29(6-12-33)49-25-43(69)61-45(71)27-55(57(63(61)87-49)37-17-31(9-15-47(37)83-3)51-23-41(67)59-39(65)19-35(21-53(59)85-51)89-93(73,74)75)91-95(79,80)92-56-28-46(72)62-44(70)26-50(30-7-13-34(82-2)14-8-30)88-64(62)58(56)38-18-32(10-16-48(38)84-4)52-24-42(68)60-40(66)20-36(22-54(60)86-52)90-94(76,77)78;;;;/h5-28,65-66,71-72H,1-4H3,(H,79,80)(H2,73,74,75)(H2,76,77,78);;;;/q;4*+1/p-4. The first-order valence-corrected chi connectivity index (χ1v) is 31.6. The molecule has 0 bridgehead atoms. The van der Waals surface area contributed by atoms with Crippen LogP contribution >= 0.6 is 23.5 Å². The third-order valence-electron chi connectivity index (χ3n) is 14.6. The molecular weight excluding hydrogens is 1400 g/mol. The minimum atomic E-state index is -6.00. The topological polar surface area (TPSA) is 439 Å². The van der Waals surface area contributed by atoms with E-state index in [-0.39, 0.29) is 186 Å². The second-order valence-corrected chi connectivity index (χ2v) is 23.9. The fourth-order valence-electron chi connectivity index (χ4n) is 10.5. The van der Waals surface area contributed by atoms with Gasteiger partial charge < -0.3 is 104 Å². The van der Waals surface area contributed by atoms with Crippen molar-refractivity contribution in [1.29, 1.82) is 0 Å². The minimum absolute atomic E-state index is 0. The largest absolute Gasteiger partial charge is 1.00 e. The summed E-state index contributed by atoms with van der Waals surface area (Å²) in [5.41, 5.74) is -6.51. The number of fused-ring (bicyclic) bond motifs is 4. The number of hydrogen-bond acceptors (Lipinski definition) is 27. The SMILES string of the molecule is COc1ccc(-c2cc(=O)c3c(O)cc(OP(=O)(O)Oc4cc(O)c5c(=O)cc(-c6ccc(OC)cc6)oc5c4-c4cc(-c5cc(=O)c6c(O)cc(OP(=O)([O-])[O-])cc6o5)ccc4OC)c(-c4cc(-c5cc(=O)c6c(O)cc(OP(=O)([O-])[O-])cc6o5)ccc4OC)c3o2)cc1.[Na+].[Na+].[Na+].[Na+]. The van der Waals surface area contributed by atoms with E-state index in [9.17, 15) is 73.2 Å². The van der Waals surface area contributed by atoms with Gasteiger partial charge in [-0.25, -0.2) is 4.57 Å². The number of phenolic OH excluding ortho intramolecular Hbond substituents is 4. The van der Waals surface area contributed by atoms with Crippen molar-refractivity contribution < 1.29 is 232 Å². The van der Waals surface area contributed by atoms with Crippen molar-refractivity contribution in [2.24, 2.45) is 0 Å². The quantitative estimate of drug-likeness (QED) is 0.0421. The number of benzene rings is 8. The number of hydrogen-bond donors (Lipinski definition) is 5. The van der Waals surface area contributed by atoms with Gasteiger partial charge in [0, 0.05) is 94.0 Å². The molecule has 28 nitrogen and oxygen atoms in total. The Morgan fingerprint density at radius 2 is 0.657 bits per heavy atom. The maximum absolute atomic E-state index is 15.3. The molecule has 4 aromatic heterocycles. The summed E-state index contributed by atoms with van der Waals surface area (Å²) in [6, 6.07) is 28.6. The van der Waals surface area contributed by atoms with E-state index in [0.29, 0.717) is 23.6 Å². The van der Waals surface area contributed by atoms with Crippen LogP contribution in [0.3, 0.4) is 0 Å². The summed E-state index contributed by atoms with van der Waals surface area (Å²) in [5, 5.41) is 43.2. The summed E-state index contributed by atoms with van der Waals surface area (Å²) in [5.74, 6) is -6.95. The Hall–Kier alpha value is -7.31. The van der Waals surface area contributed by atoms with Crippen molar-refractivity contribution in [2.75, 3.05) is 28.4 Å². The van der Waals surface area contributed by atoms with Gasteiger partial charge in [0.05, 0.1) is 39.6 Å². The summed E-state index contributed by atoms with van der Waals surface area (Å²) < 4.78 is 106. The van der Waals surface area contributed by atoms with Crippen LogP contribution in [0.25, 0.3) is 111 Å². The Balaban J connectivity index is 0.00000312. The second kappa shape index (κ2) is 30.5. The van der Waals surface area contributed by atoms with Crippen molar-refractivity contribution >= 4 is 67.3 Å². The fraction of sp³-hybridized carbons (Fsp3) is 0.0625. The molecule has 0 atom stereocenters. The van der Waals surface area contributed by atoms with E-state index in [2.05, 4.69) is 9.05 Å². The molecule has 99 heavy (non-hydrogen) atoms. The zero-order chi connectivity index (χ0) is 67.7. The molecule has 0 amide bonds. The molecule has 0 radical (unpaired) electrons. The van der Waals surface area contributed by atoms with E-state index in [1.165, 1.54) is 89.1 Å². The third kappa shape index (κ3) is 16.1. The van der Waals surface area contributed by atoms with Crippen molar-refractivity contribution in [2.45, 2.75) is 0 Å². The van der Waals surface area contributed by atoms with E-state index >= 15 is 4.57 Å². The molecular formula is C64H41Na4O28P3.